The van der Waals surface area contributed by atoms with Gasteiger partial charge in [0.1, 0.15) is 5.51 Å². The lowest BCUT2D eigenvalue weighted by atomic mass is 9.82. The van der Waals surface area contributed by atoms with Crippen molar-refractivity contribution in [2.24, 2.45) is 5.41 Å². The molecule has 1 unspecified atom stereocenters. The molecule has 0 aromatic carbocycles. The third-order valence-corrected chi connectivity index (χ3v) is 3.33. The summed E-state index contributed by atoms with van der Waals surface area (Å²) in [6, 6.07) is 0. The zero-order chi connectivity index (χ0) is 10.7. The zero-order valence-corrected chi connectivity index (χ0v) is 10.7. The maximum Gasteiger partial charge on any atom is 0.233 e. The molecule has 0 saturated carbocycles. The molecular weight excluding hydrogens is 248 g/mol. The number of aromatic nitrogens is 2. The van der Waals surface area contributed by atoms with Crippen LogP contribution in [0.2, 0.25) is 0 Å². The van der Waals surface area contributed by atoms with Crippen LogP contribution in [0.1, 0.15) is 19.8 Å². The van der Waals surface area contributed by atoms with Crippen LogP contribution in [-0.4, -0.2) is 29.2 Å². The lowest BCUT2D eigenvalue weighted by Gasteiger charge is -2.32. The number of hydrogen-bond donors (Lipinski definition) is 2. The van der Waals surface area contributed by atoms with Gasteiger partial charge in [-0.1, -0.05) is 11.3 Å². The first-order valence-corrected chi connectivity index (χ1v) is 5.87. The fourth-order valence-corrected chi connectivity index (χ4v) is 2.17. The third-order valence-electron chi connectivity index (χ3n) is 2.73. The van der Waals surface area contributed by atoms with Crippen molar-refractivity contribution >= 4 is 34.8 Å². The average molecular weight is 263 g/mol. The van der Waals surface area contributed by atoms with Gasteiger partial charge < -0.3 is 10.6 Å². The summed E-state index contributed by atoms with van der Waals surface area (Å²) in [5.74, 6) is 0.0338. The van der Waals surface area contributed by atoms with E-state index in [-0.39, 0.29) is 23.7 Å². The van der Waals surface area contributed by atoms with E-state index in [0.717, 1.165) is 25.9 Å². The molecule has 7 heteroatoms. The van der Waals surface area contributed by atoms with E-state index in [0.29, 0.717) is 5.13 Å². The van der Waals surface area contributed by atoms with Crippen LogP contribution in [0.5, 0.6) is 0 Å². The molecule has 1 aliphatic rings. The maximum atomic E-state index is 12.0. The van der Waals surface area contributed by atoms with Crippen molar-refractivity contribution in [1.29, 1.82) is 0 Å². The number of rotatable bonds is 2. The van der Waals surface area contributed by atoms with E-state index >= 15 is 0 Å². The lowest BCUT2D eigenvalue weighted by molar-refractivity contribution is -0.125. The molecule has 0 bridgehead atoms. The minimum Gasteiger partial charge on any atom is -0.316 e. The molecule has 0 aliphatic carbocycles. The highest BCUT2D eigenvalue weighted by atomic mass is 35.5. The van der Waals surface area contributed by atoms with Crippen LogP contribution in [0.15, 0.2) is 5.51 Å². The van der Waals surface area contributed by atoms with Crippen LogP contribution in [0.4, 0.5) is 5.13 Å². The molecule has 0 spiro atoms. The monoisotopic (exact) mass is 262 g/mol. The number of amides is 1. The number of hydrogen-bond acceptors (Lipinski definition) is 5. The van der Waals surface area contributed by atoms with Gasteiger partial charge in [-0.3, -0.25) is 4.79 Å². The Kier molecular flexibility index (Phi) is 4.64. The Hall–Kier alpha value is -0.720. The predicted molar refractivity (Wildman–Crippen MR) is 66.0 cm³/mol. The highest BCUT2D eigenvalue weighted by molar-refractivity contribution is 7.13. The molecule has 1 atom stereocenters. The van der Waals surface area contributed by atoms with Gasteiger partial charge in [-0.25, -0.2) is 0 Å². The summed E-state index contributed by atoms with van der Waals surface area (Å²) in [7, 11) is 0. The molecule has 1 aromatic rings. The third kappa shape index (κ3) is 2.90. The SMILES string of the molecule is CC1(C(=O)Nc2nncs2)CCCNC1.Cl. The Labute approximate surface area is 104 Å². The van der Waals surface area contributed by atoms with Crippen molar-refractivity contribution in [2.45, 2.75) is 19.8 Å². The van der Waals surface area contributed by atoms with E-state index in [1.54, 1.807) is 5.51 Å². The van der Waals surface area contributed by atoms with Crippen molar-refractivity contribution in [1.82, 2.24) is 15.5 Å². The maximum absolute atomic E-state index is 12.0. The number of nitrogens with one attached hydrogen (secondary N) is 2. The number of piperidine rings is 1. The van der Waals surface area contributed by atoms with E-state index in [4.69, 9.17) is 0 Å². The first-order chi connectivity index (χ1) is 7.21. The molecule has 1 fully saturated rings. The molecular formula is C9H15ClN4OS. The number of halogens is 1. The summed E-state index contributed by atoms with van der Waals surface area (Å²) >= 11 is 1.34. The first-order valence-electron chi connectivity index (χ1n) is 4.99. The van der Waals surface area contributed by atoms with Gasteiger partial charge in [0.15, 0.2) is 0 Å². The topological polar surface area (TPSA) is 66.9 Å². The summed E-state index contributed by atoms with van der Waals surface area (Å²) < 4.78 is 0. The Balaban J connectivity index is 0.00000128. The van der Waals surface area contributed by atoms with Gasteiger partial charge in [-0.15, -0.1) is 22.6 Å². The van der Waals surface area contributed by atoms with Crippen LogP contribution in [0.3, 0.4) is 0 Å². The highest BCUT2D eigenvalue weighted by Gasteiger charge is 2.34. The normalized spacial score (nSPS) is 24.6. The second-order valence-corrected chi connectivity index (χ2v) is 4.87. The summed E-state index contributed by atoms with van der Waals surface area (Å²) in [6.07, 6.45) is 1.96. The summed E-state index contributed by atoms with van der Waals surface area (Å²) in [6.45, 7) is 3.72. The van der Waals surface area contributed by atoms with Crippen molar-refractivity contribution in [2.75, 3.05) is 18.4 Å². The van der Waals surface area contributed by atoms with Crippen LogP contribution in [-0.2, 0) is 4.79 Å². The number of carbonyl (C=O) groups is 1. The van der Waals surface area contributed by atoms with Crippen molar-refractivity contribution in [3.63, 3.8) is 0 Å². The Morgan fingerprint density at radius 3 is 3.06 bits per heavy atom. The number of anilines is 1. The summed E-state index contributed by atoms with van der Waals surface area (Å²) in [5, 5.41) is 14.1. The van der Waals surface area contributed by atoms with E-state index < -0.39 is 0 Å². The van der Waals surface area contributed by atoms with Gasteiger partial charge in [0.2, 0.25) is 11.0 Å². The second kappa shape index (κ2) is 5.56. The van der Waals surface area contributed by atoms with Gasteiger partial charge in [-0.05, 0) is 26.3 Å². The molecule has 2 N–H and O–H groups in total. The van der Waals surface area contributed by atoms with Gasteiger partial charge in [-0.2, -0.15) is 0 Å². The number of nitrogens with zero attached hydrogens (tertiary/aromatic N) is 2. The van der Waals surface area contributed by atoms with Gasteiger partial charge in [0.25, 0.3) is 0 Å². The van der Waals surface area contributed by atoms with Crippen LogP contribution < -0.4 is 10.6 Å². The van der Waals surface area contributed by atoms with Gasteiger partial charge in [0.05, 0.1) is 5.41 Å². The quantitative estimate of drug-likeness (QED) is 0.843. The van der Waals surface area contributed by atoms with E-state index in [1.807, 2.05) is 6.92 Å². The zero-order valence-electron chi connectivity index (χ0n) is 9.02. The van der Waals surface area contributed by atoms with Gasteiger partial charge in [0, 0.05) is 6.54 Å². The van der Waals surface area contributed by atoms with E-state index in [2.05, 4.69) is 20.8 Å². The smallest absolute Gasteiger partial charge is 0.233 e. The van der Waals surface area contributed by atoms with E-state index in [9.17, 15) is 4.79 Å². The average Bonchev–Trinajstić information content (AvgIpc) is 2.71. The first kappa shape index (κ1) is 13.3. The van der Waals surface area contributed by atoms with Crippen LogP contribution in [0.25, 0.3) is 0 Å². The number of carbonyl (C=O) groups excluding carboxylic acids is 1. The molecule has 2 rings (SSSR count). The Morgan fingerprint density at radius 2 is 2.50 bits per heavy atom. The Bertz CT molecular complexity index is 337. The molecule has 16 heavy (non-hydrogen) atoms. The molecule has 0 radical (unpaired) electrons. The van der Waals surface area contributed by atoms with Crippen molar-refractivity contribution < 1.29 is 4.79 Å². The molecule has 1 amide bonds. The van der Waals surface area contributed by atoms with Crippen LogP contribution >= 0.6 is 23.7 Å². The highest BCUT2D eigenvalue weighted by Crippen LogP contribution is 2.27. The van der Waals surface area contributed by atoms with Crippen molar-refractivity contribution in [3.05, 3.63) is 5.51 Å². The molecule has 5 nitrogen and oxygen atoms in total. The van der Waals surface area contributed by atoms with Crippen molar-refractivity contribution in [3.8, 4) is 0 Å². The standard InChI is InChI=1S/C9H14N4OS.ClH/c1-9(3-2-4-10-5-9)7(14)12-8-13-11-6-15-8;/h6,10H,2-5H2,1H3,(H,12,13,14);1H. The summed E-state index contributed by atoms with van der Waals surface area (Å²) in [5.41, 5.74) is 1.29. The lowest BCUT2D eigenvalue weighted by Crippen LogP contribution is -2.46. The fourth-order valence-electron chi connectivity index (χ4n) is 1.73. The minimum absolute atomic E-state index is 0. The second-order valence-electron chi connectivity index (χ2n) is 4.04. The fraction of sp³-hybridized carbons (Fsp3) is 0.667. The van der Waals surface area contributed by atoms with Gasteiger partial charge >= 0.3 is 0 Å². The van der Waals surface area contributed by atoms with Crippen LogP contribution in [0, 0.1) is 5.41 Å². The summed E-state index contributed by atoms with van der Waals surface area (Å²) in [4.78, 5) is 12.0. The molecule has 1 saturated heterocycles. The molecule has 1 aromatic heterocycles. The molecule has 1 aliphatic heterocycles. The Morgan fingerprint density at radius 1 is 1.69 bits per heavy atom. The molecule has 90 valence electrons. The minimum atomic E-state index is -0.316. The van der Waals surface area contributed by atoms with E-state index in [1.165, 1.54) is 11.3 Å². The predicted octanol–water partition coefficient (Wildman–Crippen LogP) is 1.29. The molecule has 2 heterocycles. The largest absolute Gasteiger partial charge is 0.316 e.